The number of aryl methyl sites for hydroxylation is 2. The normalized spacial score (nSPS) is 19.1. The average Bonchev–Trinajstić information content (AvgIpc) is 2.90. The fourth-order valence-electron chi connectivity index (χ4n) is 2.58. The van der Waals surface area contributed by atoms with Crippen molar-refractivity contribution in [3.05, 3.63) is 17.5 Å². The Labute approximate surface area is 118 Å². The van der Waals surface area contributed by atoms with Crippen molar-refractivity contribution in [2.24, 2.45) is 5.92 Å². The lowest BCUT2D eigenvalue weighted by Crippen LogP contribution is -2.43. The molecular formula is C14H21N3O3. The van der Waals surface area contributed by atoms with Gasteiger partial charge in [-0.05, 0) is 32.3 Å². The van der Waals surface area contributed by atoms with Crippen LogP contribution in [0, 0.1) is 5.92 Å². The van der Waals surface area contributed by atoms with E-state index in [1.807, 2.05) is 19.9 Å². The highest BCUT2D eigenvalue weighted by molar-refractivity contribution is 5.93. The van der Waals surface area contributed by atoms with E-state index in [2.05, 4.69) is 5.10 Å². The second-order valence-electron chi connectivity index (χ2n) is 5.12. The Morgan fingerprint density at radius 1 is 1.45 bits per heavy atom. The van der Waals surface area contributed by atoms with E-state index in [1.165, 1.54) is 0 Å². The molecule has 1 aromatic rings. The molecule has 1 saturated heterocycles. The fourth-order valence-corrected chi connectivity index (χ4v) is 2.58. The first-order valence-electron chi connectivity index (χ1n) is 7.15. The van der Waals surface area contributed by atoms with Gasteiger partial charge in [0.25, 0.3) is 5.91 Å². The van der Waals surface area contributed by atoms with Gasteiger partial charge in [-0.2, -0.15) is 5.10 Å². The van der Waals surface area contributed by atoms with Gasteiger partial charge in [-0.25, -0.2) is 0 Å². The highest BCUT2D eigenvalue weighted by Crippen LogP contribution is 2.19. The number of piperidine rings is 1. The summed E-state index contributed by atoms with van der Waals surface area (Å²) in [5, 5.41) is 13.5. The summed E-state index contributed by atoms with van der Waals surface area (Å²) in [4.78, 5) is 25.3. The van der Waals surface area contributed by atoms with Crippen molar-refractivity contribution in [2.75, 3.05) is 13.1 Å². The Morgan fingerprint density at radius 2 is 2.20 bits per heavy atom. The molecule has 2 rings (SSSR count). The van der Waals surface area contributed by atoms with Gasteiger partial charge in [0, 0.05) is 19.6 Å². The third kappa shape index (κ3) is 2.84. The van der Waals surface area contributed by atoms with Crippen LogP contribution in [0.2, 0.25) is 0 Å². The first-order valence-corrected chi connectivity index (χ1v) is 7.15. The average molecular weight is 279 g/mol. The van der Waals surface area contributed by atoms with Crippen LogP contribution in [-0.4, -0.2) is 44.8 Å². The molecule has 1 aliphatic rings. The number of amides is 1. The molecule has 1 aliphatic heterocycles. The number of rotatable bonds is 4. The minimum atomic E-state index is -0.819. The minimum Gasteiger partial charge on any atom is -0.481 e. The van der Waals surface area contributed by atoms with Crippen molar-refractivity contribution in [2.45, 2.75) is 39.7 Å². The molecule has 1 aromatic heterocycles. The zero-order valence-corrected chi connectivity index (χ0v) is 12.0. The largest absolute Gasteiger partial charge is 0.481 e. The second kappa shape index (κ2) is 6.07. The van der Waals surface area contributed by atoms with Crippen molar-refractivity contribution in [1.82, 2.24) is 14.7 Å². The number of nitrogens with zero attached hydrogens (tertiary/aromatic N) is 3. The summed E-state index contributed by atoms with van der Waals surface area (Å²) in [5.74, 6) is -1.37. The molecule has 0 aliphatic carbocycles. The predicted molar refractivity (Wildman–Crippen MR) is 73.5 cm³/mol. The number of carbonyl (C=O) groups is 2. The van der Waals surface area contributed by atoms with Crippen molar-refractivity contribution in [3.8, 4) is 0 Å². The SMILES string of the molecule is CCc1cc(C(=O)N2CCC[C@@H](C(=O)O)C2)n(CC)n1. The van der Waals surface area contributed by atoms with E-state index in [0.717, 1.165) is 18.5 Å². The van der Waals surface area contributed by atoms with Gasteiger partial charge in [0.15, 0.2) is 0 Å². The minimum absolute atomic E-state index is 0.106. The first kappa shape index (κ1) is 14.6. The van der Waals surface area contributed by atoms with Crippen LogP contribution >= 0.6 is 0 Å². The number of carboxylic acids is 1. The monoisotopic (exact) mass is 279 g/mol. The van der Waals surface area contributed by atoms with E-state index < -0.39 is 11.9 Å². The van der Waals surface area contributed by atoms with Gasteiger partial charge in [0.1, 0.15) is 5.69 Å². The molecule has 1 N–H and O–H groups in total. The number of carboxylic acid groups (broad SMARTS) is 1. The van der Waals surface area contributed by atoms with Crippen LogP contribution in [-0.2, 0) is 17.8 Å². The number of aliphatic carboxylic acids is 1. The third-order valence-corrected chi connectivity index (χ3v) is 3.77. The molecule has 110 valence electrons. The summed E-state index contributed by atoms with van der Waals surface area (Å²) in [5.41, 5.74) is 1.46. The van der Waals surface area contributed by atoms with Crippen LogP contribution in [0.4, 0.5) is 0 Å². The van der Waals surface area contributed by atoms with Gasteiger partial charge in [-0.15, -0.1) is 0 Å². The van der Waals surface area contributed by atoms with Gasteiger partial charge in [-0.3, -0.25) is 14.3 Å². The molecule has 1 atom stereocenters. The standard InChI is InChI=1S/C14H21N3O3/c1-3-11-8-12(17(4-2)15-11)13(18)16-7-5-6-10(9-16)14(19)20/h8,10H,3-7,9H2,1-2H3,(H,19,20)/t10-/m1/s1. The lowest BCUT2D eigenvalue weighted by atomic mass is 9.98. The quantitative estimate of drug-likeness (QED) is 0.904. The molecule has 0 radical (unpaired) electrons. The number of aromatic nitrogens is 2. The third-order valence-electron chi connectivity index (χ3n) is 3.77. The second-order valence-corrected chi connectivity index (χ2v) is 5.12. The van der Waals surface area contributed by atoms with Crippen molar-refractivity contribution >= 4 is 11.9 Å². The van der Waals surface area contributed by atoms with E-state index >= 15 is 0 Å². The van der Waals surface area contributed by atoms with E-state index in [0.29, 0.717) is 31.7 Å². The van der Waals surface area contributed by atoms with Gasteiger partial charge < -0.3 is 10.0 Å². The van der Waals surface area contributed by atoms with Crippen LogP contribution < -0.4 is 0 Å². The van der Waals surface area contributed by atoms with E-state index in [4.69, 9.17) is 5.11 Å². The predicted octanol–water partition coefficient (Wildman–Crippen LogP) is 1.40. The maximum atomic E-state index is 12.5. The molecule has 6 heteroatoms. The van der Waals surface area contributed by atoms with E-state index in [9.17, 15) is 9.59 Å². The maximum Gasteiger partial charge on any atom is 0.308 e. The van der Waals surface area contributed by atoms with E-state index in [-0.39, 0.29) is 5.91 Å². The number of hydrogen-bond donors (Lipinski definition) is 1. The summed E-state index contributed by atoms with van der Waals surface area (Å²) >= 11 is 0. The van der Waals surface area contributed by atoms with Crippen LogP contribution in [0.1, 0.15) is 42.9 Å². The van der Waals surface area contributed by atoms with Gasteiger partial charge in [-0.1, -0.05) is 6.92 Å². The summed E-state index contributed by atoms with van der Waals surface area (Å²) < 4.78 is 1.70. The van der Waals surface area contributed by atoms with E-state index in [1.54, 1.807) is 9.58 Å². The van der Waals surface area contributed by atoms with Crippen LogP contribution in [0.3, 0.4) is 0 Å². The molecule has 0 unspecified atom stereocenters. The van der Waals surface area contributed by atoms with Gasteiger partial charge in [0.2, 0.25) is 0 Å². The number of likely N-dealkylation sites (tertiary alicyclic amines) is 1. The van der Waals surface area contributed by atoms with Crippen molar-refractivity contribution in [3.63, 3.8) is 0 Å². The molecule has 1 fully saturated rings. The Bertz CT molecular complexity index is 510. The number of carbonyl (C=O) groups excluding carboxylic acids is 1. The summed E-state index contributed by atoms with van der Waals surface area (Å²) in [7, 11) is 0. The smallest absolute Gasteiger partial charge is 0.308 e. The van der Waals surface area contributed by atoms with Crippen molar-refractivity contribution < 1.29 is 14.7 Å². The Hall–Kier alpha value is -1.85. The molecule has 1 amide bonds. The summed E-state index contributed by atoms with van der Waals surface area (Å²) in [6.07, 6.45) is 2.17. The lowest BCUT2D eigenvalue weighted by Gasteiger charge is -2.30. The zero-order chi connectivity index (χ0) is 14.7. The zero-order valence-electron chi connectivity index (χ0n) is 12.0. The Balaban J connectivity index is 2.18. The molecule has 20 heavy (non-hydrogen) atoms. The van der Waals surface area contributed by atoms with Crippen LogP contribution in [0.15, 0.2) is 6.07 Å². The highest BCUT2D eigenvalue weighted by atomic mass is 16.4. The fraction of sp³-hybridized carbons (Fsp3) is 0.643. The molecular weight excluding hydrogens is 258 g/mol. The highest BCUT2D eigenvalue weighted by Gasteiger charge is 2.30. The van der Waals surface area contributed by atoms with Crippen molar-refractivity contribution in [1.29, 1.82) is 0 Å². The van der Waals surface area contributed by atoms with Gasteiger partial charge >= 0.3 is 5.97 Å². The summed E-state index contributed by atoms with van der Waals surface area (Å²) in [6, 6.07) is 1.82. The van der Waals surface area contributed by atoms with Gasteiger partial charge in [0.05, 0.1) is 11.6 Å². The molecule has 0 bridgehead atoms. The summed E-state index contributed by atoms with van der Waals surface area (Å²) in [6.45, 7) is 5.50. The van der Waals surface area contributed by atoms with Crippen LogP contribution in [0.25, 0.3) is 0 Å². The molecule has 2 heterocycles. The molecule has 0 spiro atoms. The lowest BCUT2D eigenvalue weighted by molar-refractivity contribution is -0.143. The number of hydrogen-bond acceptors (Lipinski definition) is 3. The Kier molecular flexibility index (Phi) is 4.42. The molecule has 0 saturated carbocycles. The Morgan fingerprint density at radius 3 is 2.80 bits per heavy atom. The molecule has 0 aromatic carbocycles. The topological polar surface area (TPSA) is 75.4 Å². The van der Waals surface area contributed by atoms with Crippen LogP contribution in [0.5, 0.6) is 0 Å². The molecule has 6 nitrogen and oxygen atoms in total. The first-order chi connectivity index (χ1) is 9.56. The maximum absolute atomic E-state index is 12.5.